The molecule has 174 valence electrons. The Labute approximate surface area is 206 Å². The molecule has 0 aliphatic rings. The van der Waals surface area contributed by atoms with E-state index in [0.29, 0.717) is 22.3 Å². The van der Waals surface area contributed by atoms with Crippen molar-refractivity contribution in [1.82, 2.24) is 9.55 Å². The van der Waals surface area contributed by atoms with Gasteiger partial charge < -0.3 is 10.4 Å². The first kappa shape index (κ1) is 22.6. The average molecular weight is 482 g/mol. The smallest absolute Gasteiger partial charge is 0.263 e. The van der Waals surface area contributed by atoms with Crippen LogP contribution >= 0.6 is 11.3 Å². The van der Waals surface area contributed by atoms with Gasteiger partial charge in [-0.3, -0.25) is 14.2 Å². The molecule has 2 heterocycles. The van der Waals surface area contributed by atoms with Gasteiger partial charge in [-0.25, -0.2) is 4.98 Å². The third kappa shape index (κ3) is 4.46. The molecule has 0 saturated heterocycles. The summed E-state index contributed by atoms with van der Waals surface area (Å²) in [6.07, 6.45) is 1.87. The SMILES string of the molecule is CCC(C(=O)Nc1ccc(O)cc1)n1cnc2scc(-c3ccc(-c4ccccc4)cc3)c2c1=O. The Hall–Kier alpha value is -4.23. The second-order valence-corrected chi connectivity index (χ2v) is 9.05. The minimum absolute atomic E-state index is 0.114. The van der Waals surface area contributed by atoms with Crippen LogP contribution < -0.4 is 10.9 Å². The zero-order valence-electron chi connectivity index (χ0n) is 19.0. The highest BCUT2D eigenvalue weighted by Gasteiger charge is 2.23. The number of benzene rings is 3. The average Bonchev–Trinajstić information content (AvgIpc) is 3.33. The van der Waals surface area contributed by atoms with Crippen molar-refractivity contribution < 1.29 is 9.90 Å². The molecular formula is C28H23N3O3S. The second kappa shape index (κ2) is 9.56. The van der Waals surface area contributed by atoms with Crippen LogP contribution in [0, 0.1) is 0 Å². The number of fused-ring (bicyclic) bond motifs is 1. The fourth-order valence-electron chi connectivity index (χ4n) is 4.13. The summed E-state index contributed by atoms with van der Waals surface area (Å²) in [6.45, 7) is 1.86. The van der Waals surface area contributed by atoms with Gasteiger partial charge in [0.1, 0.15) is 16.6 Å². The molecule has 7 heteroatoms. The van der Waals surface area contributed by atoms with Crippen molar-refractivity contribution in [3.05, 3.63) is 101 Å². The number of phenolic OH excluding ortho intramolecular Hbond substituents is 1. The first-order valence-corrected chi connectivity index (χ1v) is 12.2. The third-order valence-electron chi connectivity index (χ3n) is 5.98. The first-order valence-electron chi connectivity index (χ1n) is 11.3. The molecule has 1 unspecified atom stereocenters. The summed E-state index contributed by atoms with van der Waals surface area (Å²) >= 11 is 1.42. The van der Waals surface area contributed by atoms with Crippen molar-refractivity contribution >= 4 is 33.1 Å². The van der Waals surface area contributed by atoms with E-state index in [9.17, 15) is 14.7 Å². The fourth-order valence-corrected chi connectivity index (χ4v) is 5.04. The highest BCUT2D eigenvalue weighted by atomic mass is 32.1. The molecule has 0 fully saturated rings. The number of hydrogen-bond acceptors (Lipinski definition) is 5. The van der Waals surface area contributed by atoms with E-state index >= 15 is 0 Å². The minimum Gasteiger partial charge on any atom is -0.508 e. The van der Waals surface area contributed by atoms with Crippen LogP contribution in [0.15, 0.2) is 95.4 Å². The quantitative estimate of drug-likeness (QED) is 0.288. The lowest BCUT2D eigenvalue weighted by molar-refractivity contribution is -0.119. The van der Waals surface area contributed by atoms with Crippen molar-refractivity contribution in [2.24, 2.45) is 0 Å². The van der Waals surface area contributed by atoms with Gasteiger partial charge >= 0.3 is 0 Å². The van der Waals surface area contributed by atoms with Gasteiger partial charge in [0.2, 0.25) is 5.91 Å². The molecule has 5 rings (SSSR count). The van der Waals surface area contributed by atoms with Gasteiger partial charge in [-0.2, -0.15) is 0 Å². The van der Waals surface area contributed by atoms with Gasteiger partial charge in [-0.1, -0.05) is 61.5 Å². The Balaban J connectivity index is 1.49. The van der Waals surface area contributed by atoms with Crippen molar-refractivity contribution in [2.75, 3.05) is 5.32 Å². The number of carbonyl (C=O) groups excluding carboxylic acids is 1. The van der Waals surface area contributed by atoms with Gasteiger partial charge in [-0.05, 0) is 47.4 Å². The zero-order chi connectivity index (χ0) is 24.4. The monoisotopic (exact) mass is 481 g/mol. The Morgan fingerprint density at radius 3 is 2.31 bits per heavy atom. The van der Waals surface area contributed by atoms with Crippen molar-refractivity contribution in [2.45, 2.75) is 19.4 Å². The summed E-state index contributed by atoms with van der Waals surface area (Å²) in [4.78, 5) is 31.7. The normalized spacial score (nSPS) is 11.9. The van der Waals surface area contributed by atoms with Gasteiger partial charge in [-0.15, -0.1) is 11.3 Å². The molecule has 2 aromatic heterocycles. The molecule has 0 saturated carbocycles. The van der Waals surface area contributed by atoms with Crippen LogP contribution in [0.4, 0.5) is 5.69 Å². The number of hydrogen-bond donors (Lipinski definition) is 2. The fraction of sp³-hybridized carbons (Fsp3) is 0.107. The molecule has 0 bridgehead atoms. The number of amides is 1. The van der Waals surface area contributed by atoms with Crippen molar-refractivity contribution in [3.63, 3.8) is 0 Å². The number of nitrogens with one attached hydrogen (secondary N) is 1. The molecule has 6 nitrogen and oxygen atoms in total. The van der Waals surface area contributed by atoms with E-state index in [2.05, 4.69) is 22.4 Å². The number of rotatable bonds is 6. The molecule has 2 N–H and O–H groups in total. The molecule has 0 aliphatic heterocycles. The number of nitrogens with zero attached hydrogens (tertiary/aromatic N) is 2. The molecule has 0 spiro atoms. The highest BCUT2D eigenvalue weighted by Crippen LogP contribution is 2.32. The Morgan fingerprint density at radius 1 is 0.971 bits per heavy atom. The number of anilines is 1. The zero-order valence-corrected chi connectivity index (χ0v) is 19.8. The Bertz CT molecular complexity index is 1540. The van der Waals surface area contributed by atoms with Gasteiger partial charge in [0.05, 0.1) is 11.7 Å². The lowest BCUT2D eigenvalue weighted by atomic mass is 10.0. The molecule has 0 radical (unpaired) electrons. The summed E-state index contributed by atoms with van der Waals surface area (Å²) in [5.41, 5.74) is 4.26. The topological polar surface area (TPSA) is 84.2 Å². The number of phenols is 1. The molecule has 1 atom stereocenters. The van der Waals surface area contributed by atoms with E-state index in [4.69, 9.17) is 0 Å². The summed E-state index contributed by atoms with van der Waals surface area (Å²) in [5.74, 6) is -0.201. The summed E-state index contributed by atoms with van der Waals surface area (Å²) in [6, 6.07) is 23.7. The summed E-state index contributed by atoms with van der Waals surface area (Å²) in [7, 11) is 0. The predicted molar refractivity (Wildman–Crippen MR) is 141 cm³/mol. The van der Waals surface area contributed by atoms with Crippen LogP contribution in [0.2, 0.25) is 0 Å². The van der Waals surface area contributed by atoms with E-state index in [1.165, 1.54) is 34.4 Å². The largest absolute Gasteiger partial charge is 0.508 e. The molecule has 35 heavy (non-hydrogen) atoms. The molecule has 5 aromatic rings. The molecule has 3 aromatic carbocycles. The number of aromatic nitrogens is 2. The number of thiophene rings is 1. The Morgan fingerprint density at radius 2 is 1.63 bits per heavy atom. The number of carbonyl (C=O) groups is 1. The van der Waals surface area contributed by atoms with Crippen LogP contribution in [0.1, 0.15) is 19.4 Å². The second-order valence-electron chi connectivity index (χ2n) is 8.19. The molecule has 1 amide bonds. The maximum atomic E-state index is 13.6. The third-order valence-corrected chi connectivity index (χ3v) is 6.87. The standard InChI is InChI=1S/C28H23N3O3S/c1-2-24(26(33)30-21-12-14-22(32)15-13-21)31-17-29-27-25(28(31)34)23(16-35-27)20-10-8-19(9-11-20)18-6-4-3-5-7-18/h3-17,24,32H,2H2,1H3,(H,30,33). The lowest BCUT2D eigenvalue weighted by Gasteiger charge is -2.18. The van der Waals surface area contributed by atoms with Crippen LogP contribution in [-0.2, 0) is 4.79 Å². The highest BCUT2D eigenvalue weighted by molar-refractivity contribution is 7.17. The summed E-state index contributed by atoms with van der Waals surface area (Å²) in [5, 5.41) is 14.7. The van der Waals surface area contributed by atoms with Crippen molar-refractivity contribution in [1.29, 1.82) is 0 Å². The predicted octanol–water partition coefficient (Wildman–Crippen LogP) is 6.09. The Kier molecular flexibility index (Phi) is 6.16. The maximum Gasteiger partial charge on any atom is 0.263 e. The van der Waals surface area contributed by atoms with Gasteiger partial charge in [0.15, 0.2) is 0 Å². The van der Waals surface area contributed by atoms with Crippen LogP contribution in [0.25, 0.3) is 32.5 Å². The van der Waals surface area contributed by atoms with Crippen molar-refractivity contribution in [3.8, 4) is 28.0 Å². The van der Waals surface area contributed by atoms with Crippen LogP contribution in [0.3, 0.4) is 0 Å². The van der Waals surface area contributed by atoms with Gasteiger partial charge in [0.25, 0.3) is 5.56 Å². The van der Waals surface area contributed by atoms with E-state index in [-0.39, 0.29) is 17.2 Å². The van der Waals surface area contributed by atoms with E-state index in [0.717, 1.165) is 22.3 Å². The first-order chi connectivity index (χ1) is 17.0. The van der Waals surface area contributed by atoms with E-state index in [1.54, 1.807) is 12.1 Å². The maximum absolute atomic E-state index is 13.6. The van der Waals surface area contributed by atoms with E-state index in [1.807, 2.05) is 54.8 Å². The van der Waals surface area contributed by atoms with Gasteiger partial charge in [0, 0.05) is 16.6 Å². The summed E-state index contributed by atoms with van der Waals surface area (Å²) < 4.78 is 1.41. The van der Waals surface area contributed by atoms with Crippen LogP contribution in [-0.4, -0.2) is 20.6 Å². The van der Waals surface area contributed by atoms with Crippen LogP contribution in [0.5, 0.6) is 5.75 Å². The minimum atomic E-state index is -0.721. The molecular weight excluding hydrogens is 458 g/mol. The lowest BCUT2D eigenvalue weighted by Crippen LogP contribution is -2.33. The molecule has 0 aliphatic carbocycles. The van der Waals surface area contributed by atoms with E-state index < -0.39 is 6.04 Å². The number of aromatic hydroxyl groups is 1.